The Morgan fingerprint density at radius 3 is 2.66 bits per heavy atom. The van der Waals surface area contributed by atoms with Crippen molar-refractivity contribution in [2.75, 3.05) is 19.5 Å². The van der Waals surface area contributed by atoms with Crippen molar-refractivity contribution >= 4 is 22.7 Å². The maximum absolute atomic E-state index is 12.4. The average molecular weight is 400 g/mol. The Kier molecular flexibility index (Phi) is 5.82. The zero-order valence-corrected chi connectivity index (χ0v) is 16.1. The van der Waals surface area contributed by atoms with Gasteiger partial charge < -0.3 is 19.5 Å². The Morgan fingerprint density at radius 2 is 1.97 bits per heavy atom. The summed E-state index contributed by atoms with van der Waals surface area (Å²) in [5, 5.41) is 3.40. The van der Waals surface area contributed by atoms with E-state index in [0.29, 0.717) is 28.3 Å². The molecule has 0 saturated carbocycles. The van der Waals surface area contributed by atoms with E-state index in [1.54, 1.807) is 18.2 Å². The predicted molar refractivity (Wildman–Crippen MR) is 105 cm³/mol. The Morgan fingerprint density at radius 1 is 1.17 bits per heavy atom. The fourth-order valence-corrected chi connectivity index (χ4v) is 2.95. The molecule has 0 unspecified atom stereocenters. The van der Waals surface area contributed by atoms with Gasteiger partial charge in [-0.3, -0.25) is 19.6 Å². The molecule has 0 fully saturated rings. The number of methoxy groups -OCH3 is 2. The summed E-state index contributed by atoms with van der Waals surface area (Å²) >= 11 is 0. The van der Waals surface area contributed by atoms with E-state index in [9.17, 15) is 14.4 Å². The number of fused-ring (bicyclic) bond motifs is 1. The van der Waals surface area contributed by atoms with Crippen LogP contribution >= 0.6 is 0 Å². The highest BCUT2D eigenvalue weighted by Gasteiger charge is 2.16. The largest absolute Gasteiger partial charge is 0.493 e. The van der Waals surface area contributed by atoms with Crippen LogP contribution in [0.1, 0.15) is 18.1 Å². The van der Waals surface area contributed by atoms with Crippen molar-refractivity contribution in [3.63, 3.8) is 0 Å². The molecule has 0 spiro atoms. The van der Waals surface area contributed by atoms with Crippen LogP contribution < -0.4 is 26.0 Å². The minimum Gasteiger partial charge on any atom is -0.493 e. The number of esters is 1. The number of anilines is 1. The van der Waals surface area contributed by atoms with Gasteiger partial charge in [0.15, 0.2) is 11.5 Å². The molecule has 0 aliphatic heterocycles. The van der Waals surface area contributed by atoms with Gasteiger partial charge in [0, 0.05) is 25.2 Å². The van der Waals surface area contributed by atoms with Crippen molar-refractivity contribution in [1.29, 1.82) is 0 Å². The van der Waals surface area contributed by atoms with Gasteiger partial charge in [-0.15, -0.1) is 0 Å². The number of nitrogens with zero attached hydrogens (tertiary/aromatic N) is 1. The van der Waals surface area contributed by atoms with Gasteiger partial charge >= 0.3 is 11.7 Å². The fraction of sp³-hybridized carbons (Fsp3) is 0.263. The first-order valence-corrected chi connectivity index (χ1v) is 8.66. The lowest BCUT2D eigenvalue weighted by Gasteiger charge is -2.16. The summed E-state index contributed by atoms with van der Waals surface area (Å²) in [6.07, 6.45) is 1.46. The quantitative estimate of drug-likeness (QED) is 0.505. The molecule has 3 aromatic rings. The van der Waals surface area contributed by atoms with Gasteiger partial charge in [0.1, 0.15) is 12.3 Å². The Balaban J connectivity index is 2.07. The number of H-pyrrole nitrogens is 2. The molecule has 0 bridgehead atoms. The van der Waals surface area contributed by atoms with Crippen molar-refractivity contribution in [2.24, 2.45) is 0 Å². The maximum atomic E-state index is 12.4. The standard InChI is InChI=1S/C19H20N4O6/c1-10(24)29-9-11-7-21-17-15(18(25)23-19(26)22-17)12(11)8-20-13-5-4-6-14(27-2)16(13)28-3/h4-7,20H,8-9H2,1-3H3,(H2,21,22,23,25,26). The van der Waals surface area contributed by atoms with Crippen LogP contribution in [0.4, 0.5) is 5.69 Å². The number of aromatic nitrogens is 3. The number of ether oxygens (including phenoxy) is 3. The zero-order valence-electron chi connectivity index (χ0n) is 16.1. The van der Waals surface area contributed by atoms with Gasteiger partial charge in [0.25, 0.3) is 5.56 Å². The van der Waals surface area contributed by atoms with Crippen molar-refractivity contribution in [2.45, 2.75) is 20.1 Å². The van der Waals surface area contributed by atoms with E-state index >= 15 is 0 Å². The number of rotatable bonds is 7. The van der Waals surface area contributed by atoms with Gasteiger partial charge in [-0.2, -0.15) is 0 Å². The Hall–Kier alpha value is -3.82. The van der Waals surface area contributed by atoms with E-state index in [-0.39, 0.29) is 24.2 Å². The summed E-state index contributed by atoms with van der Waals surface area (Å²) in [7, 11) is 3.05. The SMILES string of the molecule is COc1cccc(NCc2c(COC(C)=O)cnc3[nH]c(=O)[nH]c(=O)c23)c1OC. The number of hydrogen-bond donors (Lipinski definition) is 3. The topological polar surface area (TPSA) is 135 Å². The van der Waals surface area contributed by atoms with Crippen LogP contribution in [0.25, 0.3) is 11.0 Å². The number of para-hydroxylation sites is 1. The van der Waals surface area contributed by atoms with Crippen LogP contribution in [0, 0.1) is 0 Å². The third-order valence-electron chi connectivity index (χ3n) is 4.25. The number of aromatic amines is 2. The summed E-state index contributed by atoms with van der Waals surface area (Å²) in [5.41, 5.74) is 0.584. The minimum absolute atomic E-state index is 0.0664. The molecule has 0 amide bonds. The molecule has 3 rings (SSSR count). The van der Waals surface area contributed by atoms with Crippen LogP contribution in [0.2, 0.25) is 0 Å². The smallest absolute Gasteiger partial charge is 0.327 e. The molecule has 2 aromatic heterocycles. The van der Waals surface area contributed by atoms with Crippen LogP contribution in [0.5, 0.6) is 11.5 Å². The molecular formula is C19H20N4O6. The van der Waals surface area contributed by atoms with Crippen LogP contribution in [0.3, 0.4) is 0 Å². The van der Waals surface area contributed by atoms with E-state index in [1.165, 1.54) is 27.3 Å². The van der Waals surface area contributed by atoms with Crippen molar-refractivity contribution < 1.29 is 19.0 Å². The van der Waals surface area contributed by atoms with Crippen molar-refractivity contribution in [3.8, 4) is 11.5 Å². The molecule has 10 nitrogen and oxygen atoms in total. The van der Waals surface area contributed by atoms with E-state index in [2.05, 4.69) is 20.3 Å². The highest BCUT2D eigenvalue weighted by Crippen LogP contribution is 2.35. The molecule has 0 atom stereocenters. The first-order valence-electron chi connectivity index (χ1n) is 8.66. The monoisotopic (exact) mass is 400 g/mol. The van der Waals surface area contributed by atoms with E-state index < -0.39 is 17.2 Å². The minimum atomic E-state index is -0.656. The molecular weight excluding hydrogens is 380 g/mol. The molecule has 152 valence electrons. The van der Waals surface area contributed by atoms with Gasteiger partial charge in [0.05, 0.1) is 25.3 Å². The number of hydrogen-bond acceptors (Lipinski definition) is 8. The van der Waals surface area contributed by atoms with Crippen molar-refractivity contribution in [1.82, 2.24) is 15.0 Å². The lowest BCUT2D eigenvalue weighted by atomic mass is 10.1. The molecule has 0 aliphatic rings. The summed E-state index contributed by atoms with van der Waals surface area (Å²) in [5.74, 6) is 0.575. The number of carbonyl (C=O) groups excluding carboxylic acids is 1. The number of pyridine rings is 1. The predicted octanol–water partition coefficient (Wildman–Crippen LogP) is 1.30. The molecule has 10 heteroatoms. The summed E-state index contributed by atoms with van der Waals surface area (Å²) in [6, 6.07) is 5.34. The second-order valence-electron chi connectivity index (χ2n) is 6.07. The van der Waals surface area contributed by atoms with Gasteiger partial charge in [-0.1, -0.05) is 6.07 Å². The van der Waals surface area contributed by atoms with E-state index in [1.807, 2.05) is 0 Å². The first kappa shape index (κ1) is 19.9. The number of nitrogens with one attached hydrogen (secondary N) is 3. The van der Waals surface area contributed by atoms with Crippen LogP contribution in [-0.2, 0) is 22.7 Å². The summed E-state index contributed by atoms with van der Waals surface area (Å²) in [4.78, 5) is 44.1. The second kappa shape index (κ2) is 8.46. The van der Waals surface area contributed by atoms with Gasteiger partial charge in [0.2, 0.25) is 0 Å². The Bertz CT molecular complexity index is 1170. The average Bonchev–Trinajstić information content (AvgIpc) is 2.69. The maximum Gasteiger partial charge on any atom is 0.327 e. The third kappa shape index (κ3) is 4.21. The van der Waals surface area contributed by atoms with Crippen LogP contribution in [-0.4, -0.2) is 35.1 Å². The zero-order chi connectivity index (χ0) is 21.0. The number of benzene rings is 1. The van der Waals surface area contributed by atoms with Crippen molar-refractivity contribution in [3.05, 3.63) is 56.4 Å². The lowest BCUT2D eigenvalue weighted by molar-refractivity contribution is -0.142. The molecule has 3 N–H and O–H groups in total. The van der Waals surface area contributed by atoms with E-state index in [0.717, 1.165) is 0 Å². The highest BCUT2D eigenvalue weighted by molar-refractivity contribution is 5.79. The summed E-state index contributed by atoms with van der Waals surface area (Å²) in [6.45, 7) is 1.40. The van der Waals surface area contributed by atoms with Gasteiger partial charge in [-0.25, -0.2) is 9.78 Å². The summed E-state index contributed by atoms with van der Waals surface area (Å²) < 4.78 is 15.8. The third-order valence-corrected chi connectivity index (χ3v) is 4.25. The molecule has 1 aromatic carbocycles. The highest BCUT2D eigenvalue weighted by atomic mass is 16.5. The van der Waals surface area contributed by atoms with Gasteiger partial charge in [-0.05, 0) is 17.7 Å². The Labute approximate surface area is 164 Å². The van der Waals surface area contributed by atoms with E-state index in [4.69, 9.17) is 14.2 Å². The normalized spacial score (nSPS) is 10.6. The molecule has 29 heavy (non-hydrogen) atoms. The molecule has 2 heterocycles. The molecule has 0 saturated heterocycles. The second-order valence-corrected chi connectivity index (χ2v) is 6.07. The molecule has 0 aliphatic carbocycles. The molecule has 0 radical (unpaired) electrons. The van der Waals surface area contributed by atoms with Crippen LogP contribution in [0.15, 0.2) is 34.0 Å². The number of carbonyl (C=O) groups is 1. The first-order chi connectivity index (χ1) is 13.9. The fourth-order valence-electron chi connectivity index (χ4n) is 2.95. The lowest BCUT2D eigenvalue weighted by Crippen LogP contribution is -2.24.